The van der Waals surface area contributed by atoms with Gasteiger partial charge in [-0.25, -0.2) is 14.8 Å². The van der Waals surface area contributed by atoms with Crippen molar-refractivity contribution in [1.82, 2.24) is 14.9 Å². The molecule has 6 heteroatoms. The minimum atomic E-state index is -0.438. The van der Waals surface area contributed by atoms with Gasteiger partial charge in [0.25, 0.3) is 0 Å². The average molecular weight is 210 g/mol. The van der Waals surface area contributed by atoms with Crippen LogP contribution in [0.15, 0.2) is 24.8 Å². The van der Waals surface area contributed by atoms with Crippen LogP contribution in [0.1, 0.15) is 6.42 Å². The Kier molecular flexibility index (Phi) is 4.49. The predicted molar refractivity (Wildman–Crippen MR) is 53.8 cm³/mol. The highest BCUT2D eigenvalue weighted by Crippen LogP contribution is 2.06. The van der Waals surface area contributed by atoms with Crippen molar-refractivity contribution in [2.45, 2.75) is 12.5 Å². The van der Waals surface area contributed by atoms with Crippen LogP contribution in [0.4, 0.5) is 4.79 Å². The molecule has 1 aromatic rings. The quantitative estimate of drug-likeness (QED) is 0.610. The van der Waals surface area contributed by atoms with Crippen molar-refractivity contribution in [3.63, 3.8) is 0 Å². The summed E-state index contributed by atoms with van der Waals surface area (Å²) in [5.74, 6) is 0. The van der Waals surface area contributed by atoms with Gasteiger partial charge in [0.15, 0.2) is 0 Å². The highest BCUT2D eigenvalue weighted by atomic mass is 16.3. The third-order valence-corrected chi connectivity index (χ3v) is 1.95. The maximum absolute atomic E-state index is 10.4. The number of nitrogens with zero attached hydrogens (tertiary/aromatic N) is 3. The van der Waals surface area contributed by atoms with Crippen molar-refractivity contribution in [3.8, 4) is 0 Å². The van der Waals surface area contributed by atoms with Gasteiger partial charge in [0.2, 0.25) is 0 Å². The number of hydrogen-bond acceptors (Lipinski definition) is 4. The van der Waals surface area contributed by atoms with Gasteiger partial charge in [-0.1, -0.05) is 0 Å². The van der Waals surface area contributed by atoms with Crippen LogP contribution in [-0.4, -0.2) is 45.2 Å². The first-order valence-electron chi connectivity index (χ1n) is 4.62. The Morgan fingerprint density at radius 2 is 2.13 bits per heavy atom. The third kappa shape index (κ3) is 4.37. The smallest absolute Gasteiger partial charge is 0.314 e. The van der Waals surface area contributed by atoms with E-state index in [9.17, 15) is 4.79 Å². The van der Waals surface area contributed by atoms with E-state index in [1.165, 1.54) is 11.2 Å². The number of aromatic nitrogens is 2. The molecule has 1 aliphatic rings. The van der Waals surface area contributed by atoms with Crippen LogP contribution in [-0.2, 0) is 0 Å². The SMILES string of the molecule is NC(=O)N1CCC(O)C1.c1cncnc1. The van der Waals surface area contributed by atoms with Gasteiger partial charge in [-0.2, -0.15) is 0 Å². The number of likely N-dealkylation sites (tertiary alicyclic amines) is 1. The predicted octanol–water partition coefficient (Wildman–Crippen LogP) is -0.392. The number of aliphatic hydroxyl groups excluding tert-OH is 1. The molecule has 6 nitrogen and oxygen atoms in total. The lowest BCUT2D eigenvalue weighted by atomic mass is 10.3. The first kappa shape index (κ1) is 11.4. The lowest BCUT2D eigenvalue weighted by molar-refractivity contribution is 0.175. The van der Waals surface area contributed by atoms with Crippen molar-refractivity contribution in [2.75, 3.05) is 13.1 Å². The van der Waals surface area contributed by atoms with Crippen molar-refractivity contribution >= 4 is 6.03 Å². The second kappa shape index (κ2) is 5.92. The maximum Gasteiger partial charge on any atom is 0.314 e. The molecule has 0 spiro atoms. The topological polar surface area (TPSA) is 92.3 Å². The van der Waals surface area contributed by atoms with Gasteiger partial charge in [0.1, 0.15) is 6.33 Å². The van der Waals surface area contributed by atoms with Crippen LogP contribution in [0.2, 0.25) is 0 Å². The van der Waals surface area contributed by atoms with Gasteiger partial charge in [-0.15, -0.1) is 0 Å². The molecule has 1 aliphatic heterocycles. The maximum atomic E-state index is 10.4. The molecule has 0 aliphatic carbocycles. The number of hydrogen-bond donors (Lipinski definition) is 2. The second-order valence-corrected chi connectivity index (χ2v) is 3.13. The van der Waals surface area contributed by atoms with E-state index in [0.29, 0.717) is 19.5 Å². The number of rotatable bonds is 0. The molecule has 0 radical (unpaired) electrons. The molecule has 0 bridgehead atoms. The van der Waals surface area contributed by atoms with Gasteiger partial charge < -0.3 is 15.7 Å². The van der Waals surface area contributed by atoms with E-state index in [4.69, 9.17) is 10.8 Å². The van der Waals surface area contributed by atoms with E-state index in [1.54, 1.807) is 18.5 Å². The molecular weight excluding hydrogens is 196 g/mol. The zero-order valence-corrected chi connectivity index (χ0v) is 8.28. The highest BCUT2D eigenvalue weighted by Gasteiger charge is 2.21. The summed E-state index contributed by atoms with van der Waals surface area (Å²) in [5, 5.41) is 8.90. The summed E-state index contributed by atoms with van der Waals surface area (Å²) >= 11 is 0. The largest absolute Gasteiger partial charge is 0.391 e. The summed E-state index contributed by atoms with van der Waals surface area (Å²) in [4.78, 5) is 19.2. The fourth-order valence-corrected chi connectivity index (χ4v) is 1.20. The zero-order valence-electron chi connectivity index (χ0n) is 8.28. The van der Waals surface area contributed by atoms with Crippen LogP contribution in [0.3, 0.4) is 0 Å². The molecule has 0 saturated carbocycles. The molecule has 1 fully saturated rings. The van der Waals surface area contributed by atoms with E-state index in [0.717, 1.165) is 0 Å². The van der Waals surface area contributed by atoms with E-state index >= 15 is 0 Å². The van der Waals surface area contributed by atoms with Gasteiger partial charge in [0, 0.05) is 25.5 Å². The van der Waals surface area contributed by atoms with E-state index < -0.39 is 6.03 Å². The van der Waals surface area contributed by atoms with Crippen LogP contribution in [0, 0.1) is 0 Å². The standard InChI is InChI=1S/C5H10N2O2.C4H4N2/c6-5(9)7-2-1-4(8)3-7;1-2-5-4-6-3-1/h4,8H,1-3H2,(H2,6,9);1-4H. The van der Waals surface area contributed by atoms with Gasteiger partial charge in [-0.3, -0.25) is 0 Å². The Morgan fingerprint density at radius 3 is 2.33 bits per heavy atom. The van der Waals surface area contributed by atoms with Crippen molar-refractivity contribution in [1.29, 1.82) is 0 Å². The third-order valence-electron chi connectivity index (χ3n) is 1.95. The lowest BCUT2D eigenvalue weighted by Gasteiger charge is -2.10. The van der Waals surface area contributed by atoms with Gasteiger partial charge in [-0.05, 0) is 12.5 Å². The fourth-order valence-electron chi connectivity index (χ4n) is 1.20. The summed E-state index contributed by atoms with van der Waals surface area (Å²) in [5.41, 5.74) is 4.94. The number of amides is 2. The first-order chi connectivity index (χ1) is 7.20. The van der Waals surface area contributed by atoms with Crippen LogP contribution in [0.25, 0.3) is 0 Å². The van der Waals surface area contributed by atoms with Crippen LogP contribution in [0.5, 0.6) is 0 Å². The van der Waals surface area contributed by atoms with Crippen LogP contribution >= 0.6 is 0 Å². The van der Waals surface area contributed by atoms with Crippen molar-refractivity contribution in [3.05, 3.63) is 24.8 Å². The summed E-state index contributed by atoms with van der Waals surface area (Å²) in [6.07, 6.45) is 5.17. The van der Waals surface area contributed by atoms with Crippen molar-refractivity contribution < 1.29 is 9.90 Å². The zero-order chi connectivity index (χ0) is 11.1. The number of nitrogens with two attached hydrogens (primary N) is 1. The molecule has 2 rings (SSSR count). The number of carbonyl (C=O) groups is 1. The number of aliphatic hydroxyl groups is 1. The van der Waals surface area contributed by atoms with E-state index in [1.807, 2.05) is 0 Å². The molecule has 1 aromatic heterocycles. The molecule has 82 valence electrons. The Morgan fingerprint density at radius 1 is 1.47 bits per heavy atom. The molecular formula is C9H14N4O2. The summed E-state index contributed by atoms with van der Waals surface area (Å²) in [6, 6.07) is 1.34. The number of urea groups is 1. The first-order valence-corrected chi connectivity index (χ1v) is 4.62. The monoisotopic (exact) mass is 210 g/mol. The van der Waals surface area contributed by atoms with E-state index in [-0.39, 0.29) is 6.10 Å². The highest BCUT2D eigenvalue weighted by molar-refractivity contribution is 5.72. The summed E-state index contributed by atoms with van der Waals surface area (Å²) in [7, 11) is 0. The molecule has 1 atom stereocenters. The molecule has 1 saturated heterocycles. The van der Waals surface area contributed by atoms with Crippen molar-refractivity contribution in [2.24, 2.45) is 5.73 Å². The van der Waals surface area contributed by atoms with Gasteiger partial charge in [0.05, 0.1) is 6.10 Å². The number of β-amino-alcohol motifs (C(OH)–C–C–N with tert-alkyl or cyclic N) is 1. The Balaban J connectivity index is 0.000000162. The molecule has 2 heterocycles. The Bertz CT molecular complexity index is 267. The fraction of sp³-hybridized carbons (Fsp3) is 0.444. The minimum Gasteiger partial charge on any atom is -0.391 e. The normalized spacial score (nSPS) is 19.3. The van der Waals surface area contributed by atoms with Gasteiger partial charge >= 0.3 is 6.03 Å². The number of primary amides is 1. The molecule has 15 heavy (non-hydrogen) atoms. The van der Waals surface area contributed by atoms with E-state index in [2.05, 4.69) is 9.97 Å². The Labute approximate surface area is 87.8 Å². The minimum absolute atomic E-state index is 0.363. The molecule has 2 amide bonds. The summed E-state index contributed by atoms with van der Waals surface area (Å²) in [6.45, 7) is 0.992. The van der Waals surface area contributed by atoms with Crippen LogP contribution < -0.4 is 5.73 Å². The lowest BCUT2D eigenvalue weighted by Crippen LogP contribution is -2.34. The second-order valence-electron chi connectivity index (χ2n) is 3.13. The molecule has 1 unspecified atom stereocenters. The molecule has 3 N–H and O–H groups in total. The molecule has 0 aromatic carbocycles. The summed E-state index contributed by atoms with van der Waals surface area (Å²) < 4.78 is 0. The average Bonchev–Trinajstić information content (AvgIpc) is 2.69. The number of carbonyl (C=O) groups excluding carboxylic acids is 1. The Hall–Kier alpha value is -1.69.